The molecule has 24 heavy (non-hydrogen) atoms. The van der Waals surface area contributed by atoms with Gasteiger partial charge in [0.25, 0.3) is 0 Å². The van der Waals surface area contributed by atoms with Crippen LogP contribution in [-0.4, -0.2) is 27.4 Å². The summed E-state index contributed by atoms with van der Waals surface area (Å²) >= 11 is 0. The second-order valence-corrected chi connectivity index (χ2v) is 7.41. The van der Waals surface area contributed by atoms with E-state index in [0.717, 1.165) is 11.3 Å². The van der Waals surface area contributed by atoms with Gasteiger partial charge < -0.3 is 4.90 Å². The van der Waals surface area contributed by atoms with Crippen LogP contribution >= 0.6 is 0 Å². The minimum atomic E-state index is -3.60. The van der Waals surface area contributed by atoms with Crippen LogP contribution < -0.4 is 9.62 Å². The molecule has 0 aliphatic rings. The van der Waals surface area contributed by atoms with Crippen LogP contribution in [0.1, 0.15) is 18.1 Å². The van der Waals surface area contributed by atoms with Crippen molar-refractivity contribution >= 4 is 21.6 Å². The van der Waals surface area contributed by atoms with Gasteiger partial charge in [-0.3, -0.25) is 4.79 Å². The van der Waals surface area contributed by atoms with Crippen molar-refractivity contribution in [1.29, 1.82) is 0 Å². The predicted octanol–water partition coefficient (Wildman–Crippen LogP) is 2.63. The monoisotopic (exact) mass is 346 g/mol. The maximum Gasteiger partial charge on any atom is 0.240 e. The molecule has 0 saturated carbocycles. The van der Waals surface area contributed by atoms with Crippen molar-refractivity contribution in [2.75, 3.05) is 18.0 Å². The van der Waals surface area contributed by atoms with Crippen molar-refractivity contribution in [3.05, 3.63) is 59.7 Å². The predicted molar refractivity (Wildman–Crippen MR) is 95.6 cm³/mol. The van der Waals surface area contributed by atoms with E-state index in [9.17, 15) is 13.2 Å². The fourth-order valence-electron chi connectivity index (χ4n) is 2.44. The zero-order chi connectivity index (χ0) is 17.7. The minimum absolute atomic E-state index is 0.132. The van der Waals surface area contributed by atoms with Crippen LogP contribution in [0.25, 0.3) is 0 Å². The van der Waals surface area contributed by atoms with E-state index >= 15 is 0 Å². The third kappa shape index (κ3) is 4.43. The van der Waals surface area contributed by atoms with Crippen LogP contribution in [0.3, 0.4) is 0 Å². The molecule has 0 atom stereocenters. The SMILES string of the molecule is CC(=O)N(CCNS(=O)(=O)c1cc(C)ccc1C)c1ccccc1. The van der Waals surface area contributed by atoms with Crippen molar-refractivity contribution in [2.45, 2.75) is 25.7 Å². The van der Waals surface area contributed by atoms with Crippen molar-refractivity contribution in [1.82, 2.24) is 4.72 Å². The van der Waals surface area contributed by atoms with Gasteiger partial charge >= 0.3 is 0 Å². The molecule has 0 saturated heterocycles. The quantitative estimate of drug-likeness (QED) is 0.874. The van der Waals surface area contributed by atoms with Crippen LogP contribution in [0.4, 0.5) is 5.69 Å². The third-order valence-corrected chi connectivity index (χ3v) is 5.31. The fourth-order valence-corrected chi connectivity index (χ4v) is 3.79. The Labute approximate surface area is 143 Å². The first-order valence-electron chi connectivity index (χ1n) is 7.71. The second kappa shape index (κ2) is 7.59. The van der Waals surface area contributed by atoms with E-state index < -0.39 is 10.0 Å². The zero-order valence-electron chi connectivity index (χ0n) is 14.1. The molecule has 2 rings (SSSR count). The summed E-state index contributed by atoms with van der Waals surface area (Å²) < 4.78 is 27.5. The Hall–Kier alpha value is -2.18. The van der Waals surface area contributed by atoms with Gasteiger partial charge in [-0.05, 0) is 43.2 Å². The number of para-hydroxylation sites is 1. The number of carbonyl (C=O) groups is 1. The van der Waals surface area contributed by atoms with Crippen LogP contribution in [0, 0.1) is 13.8 Å². The Bertz CT molecular complexity index is 817. The van der Waals surface area contributed by atoms with Crippen LogP contribution in [0.15, 0.2) is 53.4 Å². The molecule has 0 bridgehead atoms. The standard InChI is InChI=1S/C18H22N2O3S/c1-14-9-10-15(2)18(13-14)24(22,23)19-11-12-20(16(3)21)17-7-5-4-6-8-17/h4-10,13,19H,11-12H2,1-3H3. The highest BCUT2D eigenvalue weighted by molar-refractivity contribution is 7.89. The largest absolute Gasteiger partial charge is 0.311 e. The van der Waals surface area contributed by atoms with E-state index in [1.165, 1.54) is 6.92 Å². The van der Waals surface area contributed by atoms with Crippen molar-refractivity contribution in [3.8, 4) is 0 Å². The van der Waals surface area contributed by atoms with Crippen molar-refractivity contribution in [2.24, 2.45) is 0 Å². The molecule has 1 N–H and O–H groups in total. The van der Waals surface area contributed by atoms with Crippen LogP contribution in [-0.2, 0) is 14.8 Å². The first-order chi connectivity index (χ1) is 11.3. The maximum atomic E-state index is 12.5. The van der Waals surface area contributed by atoms with E-state index in [1.807, 2.05) is 43.3 Å². The molecule has 5 nitrogen and oxygen atoms in total. The number of hydrogen-bond acceptors (Lipinski definition) is 3. The summed E-state index contributed by atoms with van der Waals surface area (Å²) in [7, 11) is -3.60. The summed E-state index contributed by atoms with van der Waals surface area (Å²) in [5.41, 5.74) is 2.33. The van der Waals surface area contributed by atoms with Gasteiger partial charge in [-0.1, -0.05) is 30.3 Å². The lowest BCUT2D eigenvalue weighted by molar-refractivity contribution is -0.116. The van der Waals surface area contributed by atoms with Crippen LogP contribution in [0.5, 0.6) is 0 Å². The lowest BCUT2D eigenvalue weighted by atomic mass is 10.2. The van der Waals surface area contributed by atoms with Gasteiger partial charge in [-0.25, -0.2) is 13.1 Å². The van der Waals surface area contributed by atoms with E-state index in [2.05, 4.69) is 4.72 Å². The topological polar surface area (TPSA) is 66.5 Å². The van der Waals surface area contributed by atoms with Crippen molar-refractivity contribution in [3.63, 3.8) is 0 Å². The molecular formula is C18H22N2O3S. The van der Waals surface area contributed by atoms with Gasteiger partial charge in [0.15, 0.2) is 0 Å². The Morgan fingerprint density at radius 1 is 1.08 bits per heavy atom. The molecule has 0 spiro atoms. The summed E-state index contributed by atoms with van der Waals surface area (Å²) in [5, 5.41) is 0. The zero-order valence-corrected chi connectivity index (χ0v) is 14.9. The summed E-state index contributed by atoms with van der Waals surface area (Å²) in [6.07, 6.45) is 0. The molecule has 2 aromatic rings. The van der Waals surface area contributed by atoms with E-state index in [0.29, 0.717) is 5.56 Å². The van der Waals surface area contributed by atoms with E-state index in [4.69, 9.17) is 0 Å². The van der Waals surface area contributed by atoms with Gasteiger partial charge in [0.1, 0.15) is 0 Å². The van der Waals surface area contributed by atoms with Gasteiger partial charge in [0.05, 0.1) is 4.90 Å². The molecule has 0 fully saturated rings. The number of benzene rings is 2. The Kier molecular flexibility index (Phi) is 5.75. The summed E-state index contributed by atoms with van der Waals surface area (Å²) in [4.78, 5) is 13.6. The number of nitrogens with zero attached hydrogens (tertiary/aromatic N) is 1. The number of sulfonamides is 1. The first kappa shape index (κ1) is 18.2. The van der Waals surface area contributed by atoms with Gasteiger partial charge in [0.2, 0.25) is 15.9 Å². The minimum Gasteiger partial charge on any atom is -0.311 e. The molecule has 0 aliphatic heterocycles. The first-order valence-corrected chi connectivity index (χ1v) is 9.19. The third-order valence-electron chi connectivity index (χ3n) is 3.71. The molecule has 1 amide bonds. The summed E-state index contributed by atoms with van der Waals surface area (Å²) in [6.45, 7) is 5.49. The molecule has 2 aromatic carbocycles. The molecule has 0 aromatic heterocycles. The number of anilines is 1. The molecular weight excluding hydrogens is 324 g/mol. The van der Waals surface area contributed by atoms with Gasteiger partial charge in [-0.15, -0.1) is 0 Å². The molecule has 0 heterocycles. The lowest BCUT2D eigenvalue weighted by Gasteiger charge is -2.21. The normalized spacial score (nSPS) is 11.3. The average Bonchev–Trinajstić information content (AvgIpc) is 2.54. The van der Waals surface area contributed by atoms with E-state index in [-0.39, 0.29) is 23.9 Å². The van der Waals surface area contributed by atoms with Crippen LogP contribution in [0.2, 0.25) is 0 Å². The number of nitrogens with one attached hydrogen (secondary N) is 1. The summed E-state index contributed by atoms with van der Waals surface area (Å²) in [6, 6.07) is 14.5. The molecule has 0 radical (unpaired) electrons. The van der Waals surface area contributed by atoms with Gasteiger partial charge in [0, 0.05) is 25.7 Å². The van der Waals surface area contributed by atoms with E-state index in [1.54, 1.807) is 24.0 Å². The fraction of sp³-hybridized carbons (Fsp3) is 0.278. The molecule has 0 unspecified atom stereocenters. The highest BCUT2D eigenvalue weighted by atomic mass is 32.2. The Morgan fingerprint density at radius 3 is 2.38 bits per heavy atom. The highest BCUT2D eigenvalue weighted by Crippen LogP contribution is 2.17. The van der Waals surface area contributed by atoms with Gasteiger partial charge in [-0.2, -0.15) is 0 Å². The molecule has 0 aliphatic carbocycles. The number of hydrogen-bond donors (Lipinski definition) is 1. The Balaban J connectivity index is 2.09. The smallest absolute Gasteiger partial charge is 0.240 e. The maximum absolute atomic E-state index is 12.5. The Morgan fingerprint density at radius 2 is 1.75 bits per heavy atom. The molecule has 128 valence electrons. The second-order valence-electron chi connectivity index (χ2n) is 5.67. The number of carbonyl (C=O) groups excluding carboxylic acids is 1. The lowest BCUT2D eigenvalue weighted by Crippen LogP contribution is -2.37. The number of amides is 1. The highest BCUT2D eigenvalue weighted by Gasteiger charge is 2.18. The summed E-state index contributed by atoms with van der Waals surface area (Å²) in [5.74, 6) is -0.132. The number of aryl methyl sites for hydroxylation is 2. The average molecular weight is 346 g/mol. The number of rotatable bonds is 6. The molecule has 6 heteroatoms. The van der Waals surface area contributed by atoms with Crippen molar-refractivity contribution < 1.29 is 13.2 Å².